The quantitative estimate of drug-likeness (QED) is 0.0196. The minimum Gasteiger partial charge on any atom is -0.756 e. The molecule has 0 aliphatic carbocycles. The first-order valence-corrected chi connectivity index (χ1v) is 25.5. The number of quaternary nitrogens is 1. The molecular weight excluding hydrogens is 774 g/mol. The van der Waals surface area contributed by atoms with Crippen LogP contribution in [0.15, 0.2) is 60.8 Å². The maximum atomic E-state index is 12.7. The van der Waals surface area contributed by atoms with E-state index in [1.54, 1.807) is 0 Å². The van der Waals surface area contributed by atoms with Crippen molar-refractivity contribution in [3.05, 3.63) is 60.8 Å². The monoisotopic (exact) mass is 864 g/mol. The lowest BCUT2D eigenvalue weighted by Crippen LogP contribution is -2.37. The van der Waals surface area contributed by atoms with Crippen LogP contribution in [0.5, 0.6) is 0 Å². The van der Waals surface area contributed by atoms with Gasteiger partial charge in [0.25, 0.3) is 7.82 Å². The average molecular weight is 864 g/mol. The Morgan fingerprint density at radius 2 is 0.950 bits per heavy atom. The highest BCUT2D eigenvalue weighted by molar-refractivity contribution is 7.45. The van der Waals surface area contributed by atoms with E-state index in [-0.39, 0.29) is 26.1 Å². The molecule has 0 spiro atoms. The highest BCUT2D eigenvalue weighted by Gasteiger charge is 2.21. The van der Waals surface area contributed by atoms with Crippen molar-refractivity contribution in [3.63, 3.8) is 0 Å². The van der Waals surface area contributed by atoms with E-state index in [0.717, 1.165) is 57.8 Å². The van der Waals surface area contributed by atoms with Gasteiger partial charge in [0.05, 0.1) is 27.7 Å². The van der Waals surface area contributed by atoms with Gasteiger partial charge in [-0.15, -0.1) is 0 Å². The predicted molar refractivity (Wildman–Crippen MR) is 250 cm³/mol. The van der Waals surface area contributed by atoms with Gasteiger partial charge >= 0.3 is 11.9 Å². The Morgan fingerprint density at radius 1 is 0.533 bits per heavy atom. The Kier molecular flexibility index (Phi) is 40.4. The number of rotatable bonds is 43. The smallest absolute Gasteiger partial charge is 0.306 e. The van der Waals surface area contributed by atoms with Gasteiger partial charge in [-0.1, -0.05) is 164 Å². The number of esters is 2. The molecule has 0 bridgehead atoms. The highest BCUT2D eigenvalue weighted by atomic mass is 31.2. The predicted octanol–water partition coefficient (Wildman–Crippen LogP) is 13.4. The van der Waals surface area contributed by atoms with Crippen LogP contribution >= 0.6 is 7.82 Å². The number of allylic oxidation sites excluding steroid dienone is 10. The van der Waals surface area contributed by atoms with Gasteiger partial charge in [-0.05, 0) is 77.0 Å². The van der Waals surface area contributed by atoms with Gasteiger partial charge in [0, 0.05) is 12.8 Å². The number of hydrogen-bond acceptors (Lipinski definition) is 8. The summed E-state index contributed by atoms with van der Waals surface area (Å²) in [6.45, 7) is 4.06. The van der Waals surface area contributed by atoms with Crippen molar-refractivity contribution in [2.75, 3.05) is 47.5 Å². The maximum Gasteiger partial charge on any atom is 0.306 e. The molecule has 10 heteroatoms. The van der Waals surface area contributed by atoms with Gasteiger partial charge < -0.3 is 27.9 Å². The number of hydrogen-bond donors (Lipinski definition) is 0. The fourth-order valence-corrected chi connectivity index (χ4v) is 7.02. The summed E-state index contributed by atoms with van der Waals surface area (Å²) in [5.74, 6) is -0.884. The highest BCUT2D eigenvalue weighted by Crippen LogP contribution is 2.38. The third-order valence-electron chi connectivity index (χ3n) is 10.0. The zero-order valence-corrected chi connectivity index (χ0v) is 40.0. The number of phosphoric ester groups is 1. The molecule has 0 amide bonds. The van der Waals surface area contributed by atoms with Crippen molar-refractivity contribution in [1.29, 1.82) is 0 Å². The number of phosphoric acid groups is 1. The van der Waals surface area contributed by atoms with E-state index in [2.05, 4.69) is 74.6 Å². The van der Waals surface area contributed by atoms with Gasteiger partial charge in [-0.25, -0.2) is 0 Å². The molecule has 0 N–H and O–H groups in total. The van der Waals surface area contributed by atoms with E-state index in [0.29, 0.717) is 17.4 Å². The molecule has 0 aliphatic heterocycles. The molecule has 2 atom stereocenters. The van der Waals surface area contributed by atoms with E-state index < -0.39 is 32.5 Å². The van der Waals surface area contributed by atoms with Gasteiger partial charge in [0.15, 0.2) is 6.10 Å². The van der Waals surface area contributed by atoms with Gasteiger partial charge in [-0.3, -0.25) is 14.2 Å². The topological polar surface area (TPSA) is 111 Å². The van der Waals surface area contributed by atoms with E-state index in [1.807, 2.05) is 21.1 Å². The molecule has 9 nitrogen and oxygen atoms in total. The number of ether oxygens (including phenoxy) is 2. The molecule has 0 heterocycles. The second kappa shape index (κ2) is 42.0. The molecule has 0 saturated heterocycles. The van der Waals surface area contributed by atoms with Gasteiger partial charge in [-0.2, -0.15) is 0 Å². The van der Waals surface area contributed by atoms with Crippen LogP contribution in [-0.2, 0) is 32.7 Å². The summed E-state index contributed by atoms with van der Waals surface area (Å²) in [7, 11) is 1.13. The summed E-state index contributed by atoms with van der Waals surface area (Å²) in [6, 6.07) is 0. The summed E-state index contributed by atoms with van der Waals surface area (Å²) in [5.41, 5.74) is 0. The Balaban J connectivity index is 4.31. The van der Waals surface area contributed by atoms with Crippen molar-refractivity contribution in [3.8, 4) is 0 Å². The molecule has 0 aromatic carbocycles. The SMILES string of the molecule is CC/C=C/C/C=C/C/C=C/C/C=C/CCCCC(=O)O[C@@H](COC(=O)CCCCCCCCCCCCC/C=C/CCCCCCCC)COP(=O)([O-])OCC[N+](C)(C)C. The lowest BCUT2D eigenvalue weighted by Gasteiger charge is -2.28. The molecule has 60 heavy (non-hydrogen) atoms. The molecule has 0 aliphatic rings. The normalized spacial score (nSPS) is 14.0. The molecule has 0 rings (SSSR count). The summed E-state index contributed by atoms with van der Waals surface area (Å²) >= 11 is 0. The van der Waals surface area contributed by atoms with Crippen LogP contribution in [0.2, 0.25) is 0 Å². The zero-order valence-electron chi connectivity index (χ0n) is 39.1. The third-order valence-corrected chi connectivity index (χ3v) is 11.0. The first-order chi connectivity index (χ1) is 29.0. The van der Waals surface area contributed by atoms with Crippen molar-refractivity contribution in [2.24, 2.45) is 0 Å². The Labute approximate surface area is 368 Å². The number of likely N-dealkylation sites (N-methyl/N-ethyl adjacent to an activating group) is 1. The van der Waals surface area contributed by atoms with E-state index in [9.17, 15) is 19.0 Å². The van der Waals surface area contributed by atoms with Crippen LogP contribution in [0.1, 0.15) is 194 Å². The van der Waals surface area contributed by atoms with Gasteiger partial charge in [0.1, 0.15) is 19.8 Å². The lowest BCUT2D eigenvalue weighted by molar-refractivity contribution is -0.870. The van der Waals surface area contributed by atoms with Crippen molar-refractivity contribution in [1.82, 2.24) is 0 Å². The Morgan fingerprint density at radius 3 is 1.47 bits per heavy atom. The summed E-state index contributed by atoms with van der Waals surface area (Å²) in [6.07, 6.45) is 51.1. The van der Waals surface area contributed by atoms with Crippen LogP contribution in [0.3, 0.4) is 0 Å². The average Bonchev–Trinajstić information content (AvgIpc) is 3.20. The van der Waals surface area contributed by atoms with Crippen LogP contribution < -0.4 is 4.89 Å². The molecule has 0 aromatic rings. The van der Waals surface area contributed by atoms with Crippen molar-refractivity contribution in [2.45, 2.75) is 200 Å². The number of carbonyl (C=O) groups excluding carboxylic acids is 2. The standard InChI is InChI=1S/C50H90NO8P/c1-6-8-10-12-14-16-18-20-22-23-24-25-26-27-29-30-32-34-36-38-40-42-49(52)56-46-48(47-58-60(54,55)57-45-44-51(3,4)5)59-50(53)43-41-39-37-35-33-31-28-21-19-17-15-13-11-9-7-2/h9,11,15,17,20-22,28,33,35,48H,6-8,10,12-14,16,18-19,23-27,29-32,34,36-47H2,1-5H3/b11-9+,17-15+,22-20+,28-21+,35-33+/t48-/m0/s1. The number of unbranched alkanes of at least 4 members (excludes halogenated alkanes) is 19. The number of nitrogens with zero attached hydrogens (tertiary/aromatic N) is 1. The molecule has 1 unspecified atom stereocenters. The maximum absolute atomic E-state index is 12.7. The van der Waals surface area contributed by atoms with E-state index in [1.165, 1.54) is 103 Å². The van der Waals surface area contributed by atoms with E-state index >= 15 is 0 Å². The lowest BCUT2D eigenvalue weighted by atomic mass is 10.0. The summed E-state index contributed by atoms with van der Waals surface area (Å²) in [4.78, 5) is 37.6. The largest absolute Gasteiger partial charge is 0.756 e. The zero-order chi connectivity index (χ0) is 44.3. The van der Waals surface area contributed by atoms with Gasteiger partial charge in [0.2, 0.25) is 0 Å². The first-order valence-electron chi connectivity index (χ1n) is 24.0. The fraction of sp³-hybridized carbons (Fsp3) is 0.760. The minimum absolute atomic E-state index is 0.0410. The Hall–Kier alpha value is -2.29. The second-order valence-electron chi connectivity index (χ2n) is 17.1. The minimum atomic E-state index is -4.64. The third kappa shape index (κ3) is 45.2. The molecule has 0 fully saturated rings. The summed E-state index contributed by atoms with van der Waals surface area (Å²) in [5, 5.41) is 0. The summed E-state index contributed by atoms with van der Waals surface area (Å²) < 4.78 is 33.9. The van der Waals surface area contributed by atoms with Crippen molar-refractivity contribution < 1.29 is 42.1 Å². The van der Waals surface area contributed by atoms with E-state index in [4.69, 9.17) is 18.5 Å². The fourth-order valence-electron chi connectivity index (χ4n) is 6.29. The van der Waals surface area contributed by atoms with Crippen LogP contribution in [0.4, 0.5) is 0 Å². The second-order valence-corrected chi connectivity index (χ2v) is 18.5. The van der Waals surface area contributed by atoms with Crippen LogP contribution in [0.25, 0.3) is 0 Å². The number of carbonyl (C=O) groups is 2. The molecular formula is C50H90NO8P. The molecule has 0 saturated carbocycles. The van der Waals surface area contributed by atoms with Crippen molar-refractivity contribution >= 4 is 19.8 Å². The first kappa shape index (κ1) is 57.7. The molecule has 0 aromatic heterocycles. The molecule has 348 valence electrons. The van der Waals surface area contributed by atoms with Crippen LogP contribution in [0, 0.1) is 0 Å². The molecule has 0 radical (unpaired) electrons. The Bertz CT molecular complexity index is 1210. The van der Waals surface area contributed by atoms with Crippen LogP contribution in [-0.4, -0.2) is 70.0 Å².